The van der Waals surface area contributed by atoms with Crippen LogP contribution in [0.3, 0.4) is 0 Å². The Morgan fingerprint density at radius 1 is 1.53 bits per heavy atom. The molecule has 0 aromatic carbocycles. The highest BCUT2D eigenvalue weighted by molar-refractivity contribution is 14.1. The summed E-state index contributed by atoms with van der Waals surface area (Å²) in [6.07, 6.45) is 3.51. The second-order valence-electron chi connectivity index (χ2n) is 3.94. The predicted octanol–water partition coefficient (Wildman–Crippen LogP) is 2.42. The lowest BCUT2D eigenvalue weighted by Crippen LogP contribution is -2.21. The van der Waals surface area contributed by atoms with Gasteiger partial charge in [0.05, 0.1) is 9.77 Å². The van der Waals surface area contributed by atoms with E-state index in [4.69, 9.17) is 9.47 Å². The van der Waals surface area contributed by atoms with Crippen molar-refractivity contribution in [3.8, 4) is 0 Å². The molecule has 15 heavy (non-hydrogen) atoms. The molecule has 1 aliphatic rings. The van der Waals surface area contributed by atoms with Gasteiger partial charge in [0.1, 0.15) is 12.8 Å². The maximum atomic E-state index is 5.59. The first-order valence-electron chi connectivity index (χ1n) is 4.72. The summed E-state index contributed by atoms with van der Waals surface area (Å²) in [7, 11) is 0. The highest BCUT2D eigenvalue weighted by Gasteiger charge is 2.27. The minimum Gasteiger partial charge on any atom is -0.457 e. The third kappa shape index (κ3) is 2.27. The smallest absolute Gasteiger partial charge is 0.244 e. The molecule has 0 aliphatic carbocycles. The summed E-state index contributed by atoms with van der Waals surface area (Å²) < 4.78 is 14.0. The molecule has 0 fully saturated rings. The van der Waals surface area contributed by atoms with Gasteiger partial charge in [-0.05, 0) is 29.5 Å². The molecule has 0 unspecified atom stereocenters. The quantitative estimate of drug-likeness (QED) is 0.785. The van der Waals surface area contributed by atoms with Crippen molar-refractivity contribution in [1.82, 2.24) is 9.78 Å². The van der Waals surface area contributed by atoms with Crippen molar-refractivity contribution >= 4 is 22.6 Å². The lowest BCUT2D eigenvalue weighted by molar-refractivity contribution is -0.118. The van der Waals surface area contributed by atoms with Crippen LogP contribution in [0, 0.1) is 10.5 Å². The zero-order valence-electron chi connectivity index (χ0n) is 8.95. The monoisotopic (exact) mass is 320 g/mol. The average molecular weight is 320 g/mol. The maximum absolute atomic E-state index is 5.59. The van der Waals surface area contributed by atoms with Gasteiger partial charge < -0.3 is 9.47 Å². The zero-order valence-corrected chi connectivity index (χ0v) is 11.1. The van der Waals surface area contributed by atoms with Crippen LogP contribution in [0.25, 0.3) is 0 Å². The standard InChI is InChI=1S/C10H13IN2O2/c1-7-9(11)4-12-13(7)5-8-6-14-10(2,3)15-8/h4,6H,5H2,1-3H3. The van der Waals surface area contributed by atoms with Crippen molar-refractivity contribution in [3.63, 3.8) is 0 Å². The van der Waals surface area contributed by atoms with Crippen molar-refractivity contribution < 1.29 is 9.47 Å². The fourth-order valence-corrected chi connectivity index (χ4v) is 1.77. The van der Waals surface area contributed by atoms with E-state index >= 15 is 0 Å². The van der Waals surface area contributed by atoms with Crippen LogP contribution in [-0.4, -0.2) is 15.6 Å². The maximum Gasteiger partial charge on any atom is 0.244 e. The van der Waals surface area contributed by atoms with E-state index in [1.165, 1.54) is 0 Å². The number of halogens is 1. The summed E-state index contributed by atoms with van der Waals surface area (Å²) in [5.41, 5.74) is 1.14. The van der Waals surface area contributed by atoms with Gasteiger partial charge in [0.2, 0.25) is 5.79 Å². The van der Waals surface area contributed by atoms with E-state index in [1.54, 1.807) is 6.26 Å². The molecule has 0 spiro atoms. The number of hydrogen-bond donors (Lipinski definition) is 0. The van der Waals surface area contributed by atoms with Gasteiger partial charge in [-0.2, -0.15) is 5.10 Å². The molecule has 2 rings (SSSR count). The summed E-state index contributed by atoms with van der Waals surface area (Å²) in [5, 5.41) is 4.26. The Labute approximate surface area is 102 Å². The summed E-state index contributed by atoms with van der Waals surface area (Å²) in [4.78, 5) is 0. The average Bonchev–Trinajstić information content (AvgIpc) is 2.63. The molecular formula is C10H13IN2O2. The van der Waals surface area contributed by atoms with Gasteiger partial charge >= 0.3 is 0 Å². The van der Waals surface area contributed by atoms with E-state index in [0.29, 0.717) is 6.54 Å². The van der Waals surface area contributed by atoms with Crippen LogP contribution in [0.2, 0.25) is 0 Å². The Hall–Kier alpha value is -0.720. The number of rotatable bonds is 2. The molecule has 0 saturated heterocycles. The Morgan fingerprint density at radius 2 is 2.27 bits per heavy atom. The Balaban J connectivity index is 2.08. The third-order valence-corrected chi connectivity index (χ3v) is 3.26. The first kappa shape index (κ1) is 10.8. The van der Waals surface area contributed by atoms with Crippen LogP contribution in [0.1, 0.15) is 19.5 Å². The molecular weight excluding hydrogens is 307 g/mol. The van der Waals surface area contributed by atoms with Crippen molar-refractivity contribution in [3.05, 3.63) is 27.5 Å². The first-order chi connectivity index (χ1) is 6.98. The van der Waals surface area contributed by atoms with Gasteiger partial charge in [-0.1, -0.05) is 0 Å². The number of aromatic nitrogens is 2. The molecule has 0 saturated carbocycles. The topological polar surface area (TPSA) is 36.3 Å². The minimum absolute atomic E-state index is 0.538. The van der Waals surface area contributed by atoms with Crippen LogP contribution in [0.4, 0.5) is 0 Å². The van der Waals surface area contributed by atoms with Crippen molar-refractivity contribution in [2.45, 2.75) is 33.1 Å². The lowest BCUT2D eigenvalue weighted by Gasteiger charge is -2.18. The van der Waals surface area contributed by atoms with Crippen LogP contribution < -0.4 is 0 Å². The lowest BCUT2D eigenvalue weighted by atomic mass is 10.4. The van der Waals surface area contributed by atoms with Gasteiger partial charge in [-0.25, -0.2) is 0 Å². The van der Waals surface area contributed by atoms with Crippen LogP contribution in [0.15, 0.2) is 18.2 Å². The summed E-state index contributed by atoms with van der Waals surface area (Å²) in [6.45, 7) is 6.43. The van der Waals surface area contributed by atoms with E-state index in [-0.39, 0.29) is 0 Å². The number of ether oxygens (including phenoxy) is 2. The molecule has 0 radical (unpaired) electrons. The molecule has 0 bridgehead atoms. The molecule has 1 aliphatic heterocycles. The van der Waals surface area contributed by atoms with Crippen molar-refractivity contribution in [2.75, 3.05) is 0 Å². The number of hydrogen-bond acceptors (Lipinski definition) is 3. The molecule has 0 amide bonds. The predicted molar refractivity (Wildman–Crippen MR) is 64.0 cm³/mol. The van der Waals surface area contributed by atoms with Crippen LogP contribution >= 0.6 is 22.6 Å². The normalized spacial score (nSPS) is 18.3. The number of nitrogens with zero attached hydrogens (tertiary/aromatic N) is 2. The van der Waals surface area contributed by atoms with E-state index in [2.05, 4.69) is 27.7 Å². The van der Waals surface area contributed by atoms with Gasteiger partial charge in [-0.15, -0.1) is 0 Å². The third-order valence-electron chi connectivity index (χ3n) is 2.20. The molecule has 2 heterocycles. The molecule has 5 heteroatoms. The Morgan fingerprint density at radius 3 is 2.73 bits per heavy atom. The molecule has 1 aromatic heterocycles. The van der Waals surface area contributed by atoms with E-state index < -0.39 is 5.79 Å². The fourth-order valence-electron chi connectivity index (χ4n) is 1.37. The van der Waals surface area contributed by atoms with Crippen LogP contribution in [-0.2, 0) is 16.0 Å². The summed E-state index contributed by atoms with van der Waals surface area (Å²) in [5.74, 6) is 0.270. The summed E-state index contributed by atoms with van der Waals surface area (Å²) >= 11 is 2.26. The molecule has 82 valence electrons. The second kappa shape index (κ2) is 3.70. The fraction of sp³-hybridized carbons (Fsp3) is 0.500. The highest BCUT2D eigenvalue weighted by Crippen LogP contribution is 2.25. The Kier molecular flexibility index (Phi) is 2.66. The van der Waals surface area contributed by atoms with Crippen molar-refractivity contribution in [2.24, 2.45) is 0 Å². The van der Waals surface area contributed by atoms with Crippen molar-refractivity contribution in [1.29, 1.82) is 0 Å². The van der Waals surface area contributed by atoms with Crippen LogP contribution in [0.5, 0.6) is 0 Å². The second-order valence-corrected chi connectivity index (χ2v) is 5.10. The largest absolute Gasteiger partial charge is 0.457 e. The molecule has 1 aromatic rings. The molecule has 4 nitrogen and oxygen atoms in total. The minimum atomic E-state index is -0.538. The Bertz CT molecular complexity index is 410. The van der Waals surface area contributed by atoms with E-state index in [9.17, 15) is 0 Å². The number of allylic oxidation sites excluding steroid dienone is 1. The zero-order chi connectivity index (χ0) is 11.1. The van der Waals surface area contributed by atoms with E-state index in [1.807, 2.05) is 31.6 Å². The summed E-state index contributed by atoms with van der Waals surface area (Å²) in [6, 6.07) is 0. The molecule has 0 atom stereocenters. The van der Waals surface area contributed by atoms with E-state index in [0.717, 1.165) is 15.0 Å². The molecule has 0 N–H and O–H groups in total. The van der Waals surface area contributed by atoms with Gasteiger partial charge in [-0.3, -0.25) is 4.68 Å². The highest BCUT2D eigenvalue weighted by atomic mass is 127. The van der Waals surface area contributed by atoms with Gasteiger partial charge in [0.15, 0.2) is 5.76 Å². The SMILES string of the molecule is Cc1c(I)cnn1CC1=COC(C)(C)O1. The van der Waals surface area contributed by atoms with Gasteiger partial charge in [0.25, 0.3) is 0 Å². The van der Waals surface area contributed by atoms with Gasteiger partial charge in [0, 0.05) is 19.5 Å². The first-order valence-corrected chi connectivity index (χ1v) is 5.79.